The second kappa shape index (κ2) is 7.57. The van der Waals surface area contributed by atoms with Gasteiger partial charge in [-0.05, 0) is 36.1 Å². The number of thiazole rings is 1. The number of nitrogens with zero attached hydrogens (tertiary/aromatic N) is 1. The summed E-state index contributed by atoms with van der Waals surface area (Å²) in [6.07, 6.45) is -0.0793. The van der Waals surface area contributed by atoms with E-state index < -0.39 is 5.63 Å². The lowest BCUT2D eigenvalue weighted by atomic mass is 10.0. The predicted molar refractivity (Wildman–Crippen MR) is 112 cm³/mol. The molecule has 0 spiro atoms. The molecule has 4 rings (SSSR count). The van der Waals surface area contributed by atoms with Crippen LogP contribution in [0.15, 0.2) is 50.3 Å². The van der Waals surface area contributed by atoms with Crippen molar-refractivity contribution < 1.29 is 13.9 Å². The van der Waals surface area contributed by atoms with Gasteiger partial charge in [-0.15, -0.1) is 22.7 Å². The molecule has 0 bridgehead atoms. The number of benzene rings is 1. The maximum absolute atomic E-state index is 12.5. The van der Waals surface area contributed by atoms with Crippen molar-refractivity contribution in [1.82, 2.24) is 4.98 Å². The van der Waals surface area contributed by atoms with Gasteiger partial charge in [-0.1, -0.05) is 6.07 Å². The molecule has 1 amide bonds. The molecule has 0 atom stereocenters. The molecule has 0 aliphatic heterocycles. The Morgan fingerprint density at radius 3 is 2.89 bits per heavy atom. The van der Waals surface area contributed by atoms with Gasteiger partial charge in [0.1, 0.15) is 11.3 Å². The molecule has 0 radical (unpaired) electrons. The van der Waals surface area contributed by atoms with Gasteiger partial charge < -0.3 is 14.5 Å². The second-order valence-electron chi connectivity index (χ2n) is 6.10. The lowest BCUT2D eigenvalue weighted by molar-refractivity contribution is -0.115. The van der Waals surface area contributed by atoms with Crippen molar-refractivity contribution in [1.29, 1.82) is 0 Å². The quantitative estimate of drug-likeness (QED) is 0.489. The van der Waals surface area contributed by atoms with Gasteiger partial charge >= 0.3 is 5.63 Å². The Labute approximate surface area is 168 Å². The van der Waals surface area contributed by atoms with E-state index in [2.05, 4.69) is 10.3 Å². The lowest BCUT2D eigenvalue weighted by Gasteiger charge is -2.08. The van der Waals surface area contributed by atoms with Gasteiger partial charge in [-0.25, -0.2) is 9.78 Å². The third kappa shape index (κ3) is 3.56. The molecule has 3 heterocycles. The molecule has 0 unspecified atom stereocenters. The Balaban J connectivity index is 1.56. The zero-order chi connectivity index (χ0) is 19.7. The summed E-state index contributed by atoms with van der Waals surface area (Å²) in [7, 11) is 1.55. The van der Waals surface area contributed by atoms with E-state index >= 15 is 0 Å². The minimum Gasteiger partial charge on any atom is -0.497 e. The van der Waals surface area contributed by atoms with Crippen molar-refractivity contribution in [3.63, 3.8) is 0 Å². The highest BCUT2D eigenvalue weighted by atomic mass is 32.1. The highest BCUT2D eigenvalue weighted by Gasteiger charge is 2.16. The summed E-state index contributed by atoms with van der Waals surface area (Å²) < 4.78 is 10.6. The first kappa shape index (κ1) is 18.4. The van der Waals surface area contributed by atoms with E-state index in [0.717, 1.165) is 21.5 Å². The Morgan fingerprint density at radius 2 is 2.14 bits per heavy atom. The molecule has 1 aromatic carbocycles. The Bertz CT molecular complexity index is 1210. The maximum Gasteiger partial charge on any atom is 0.340 e. The number of methoxy groups -OCH3 is 1. The SMILES string of the molecule is COc1ccc2c(C)c(CC(=O)Nc3nc(-c4cccs4)cs3)c(=O)oc2c1. The topological polar surface area (TPSA) is 81.4 Å². The fraction of sp³-hybridized carbons (Fsp3) is 0.150. The molecule has 0 fully saturated rings. The molecule has 3 aromatic heterocycles. The van der Waals surface area contributed by atoms with Crippen molar-refractivity contribution in [2.24, 2.45) is 0 Å². The zero-order valence-corrected chi connectivity index (χ0v) is 16.8. The normalized spacial score (nSPS) is 10.9. The Morgan fingerprint density at radius 1 is 1.29 bits per heavy atom. The first-order chi connectivity index (χ1) is 13.5. The third-order valence-corrected chi connectivity index (χ3v) is 6.01. The maximum atomic E-state index is 12.5. The number of anilines is 1. The minimum atomic E-state index is -0.521. The van der Waals surface area contributed by atoms with Crippen LogP contribution in [0.5, 0.6) is 5.75 Å². The molecule has 6 nitrogen and oxygen atoms in total. The standard InChI is InChI=1S/C20H16N2O4S2/c1-11-13-6-5-12(25-2)8-16(13)26-19(24)14(11)9-18(23)22-20-21-15(10-28-20)17-4-3-7-27-17/h3-8,10H,9H2,1-2H3,(H,21,22,23). The van der Waals surface area contributed by atoms with Gasteiger partial charge in [0, 0.05) is 16.8 Å². The van der Waals surface area contributed by atoms with Crippen LogP contribution in [0.1, 0.15) is 11.1 Å². The van der Waals surface area contributed by atoms with Crippen molar-refractivity contribution in [2.45, 2.75) is 13.3 Å². The van der Waals surface area contributed by atoms with Crippen LogP contribution < -0.4 is 15.7 Å². The van der Waals surface area contributed by atoms with E-state index in [4.69, 9.17) is 9.15 Å². The first-order valence-corrected chi connectivity index (χ1v) is 10.2. The highest BCUT2D eigenvalue weighted by Crippen LogP contribution is 2.28. The fourth-order valence-electron chi connectivity index (χ4n) is 2.90. The largest absolute Gasteiger partial charge is 0.497 e. The van der Waals surface area contributed by atoms with Crippen LogP contribution in [0, 0.1) is 6.92 Å². The summed E-state index contributed by atoms with van der Waals surface area (Å²) in [6.45, 7) is 1.81. The molecule has 0 aliphatic rings. The van der Waals surface area contributed by atoms with Crippen LogP contribution in [0.2, 0.25) is 0 Å². The van der Waals surface area contributed by atoms with Crippen molar-refractivity contribution in [2.75, 3.05) is 12.4 Å². The molecule has 8 heteroatoms. The Hall–Kier alpha value is -2.97. The van der Waals surface area contributed by atoms with Crippen molar-refractivity contribution in [3.05, 3.63) is 62.6 Å². The van der Waals surface area contributed by atoms with E-state index in [1.807, 2.05) is 35.9 Å². The third-order valence-electron chi connectivity index (χ3n) is 4.36. The van der Waals surface area contributed by atoms with Crippen LogP contribution in [0.25, 0.3) is 21.5 Å². The van der Waals surface area contributed by atoms with Crippen LogP contribution in [0.3, 0.4) is 0 Å². The number of hydrogen-bond donors (Lipinski definition) is 1. The number of aromatic nitrogens is 1. The van der Waals surface area contributed by atoms with Crippen molar-refractivity contribution >= 4 is 44.7 Å². The molecule has 0 saturated heterocycles. The molecule has 0 saturated carbocycles. The predicted octanol–water partition coefficient (Wildman–Crippen LogP) is 4.48. The molecular weight excluding hydrogens is 396 g/mol. The summed E-state index contributed by atoms with van der Waals surface area (Å²) in [5.74, 6) is 0.293. The van der Waals surface area contributed by atoms with Crippen LogP contribution in [0.4, 0.5) is 5.13 Å². The zero-order valence-electron chi connectivity index (χ0n) is 15.1. The average molecular weight is 412 g/mol. The monoisotopic (exact) mass is 412 g/mol. The number of thiophene rings is 1. The van der Waals surface area contributed by atoms with E-state index in [-0.39, 0.29) is 12.3 Å². The van der Waals surface area contributed by atoms with Gasteiger partial charge in [0.25, 0.3) is 0 Å². The number of hydrogen-bond acceptors (Lipinski definition) is 7. The van der Waals surface area contributed by atoms with Gasteiger partial charge in [-0.3, -0.25) is 4.79 Å². The average Bonchev–Trinajstić information content (AvgIpc) is 3.36. The molecule has 1 N–H and O–H groups in total. The summed E-state index contributed by atoms with van der Waals surface area (Å²) in [6, 6.07) is 9.21. The number of nitrogens with one attached hydrogen (secondary N) is 1. The second-order valence-corrected chi connectivity index (χ2v) is 7.90. The van der Waals surface area contributed by atoms with Crippen LogP contribution >= 0.6 is 22.7 Å². The first-order valence-electron chi connectivity index (χ1n) is 8.44. The number of aryl methyl sites for hydroxylation is 1. The van der Waals surface area contributed by atoms with Crippen LogP contribution in [-0.4, -0.2) is 18.0 Å². The number of ether oxygens (including phenoxy) is 1. The molecule has 0 aliphatic carbocycles. The number of amides is 1. The van der Waals surface area contributed by atoms with Crippen LogP contribution in [-0.2, 0) is 11.2 Å². The molecule has 28 heavy (non-hydrogen) atoms. The lowest BCUT2D eigenvalue weighted by Crippen LogP contribution is -2.20. The number of fused-ring (bicyclic) bond motifs is 1. The summed E-state index contributed by atoms with van der Waals surface area (Å²) in [5, 5.41) is 7.91. The minimum absolute atomic E-state index is 0.0793. The van der Waals surface area contributed by atoms with Gasteiger partial charge in [0.2, 0.25) is 5.91 Å². The molecule has 142 valence electrons. The summed E-state index contributed by atoms with van der Waals surface area (Å²) in [4.78, 5) is 30.3. The van der Waals surface area contributed by atoms with E-state index in [0.29, 0.717) is 22.0 Å². The number of rotatable bonds is 5. The smallest absolute Gasteiger partial charge is 0.340 e. The van der Waals surface area contributed by atoms with E-state index in [1.165, 1.54) is 11.3 Å². The van der Waals surface area contributed by atoms with E-state index in [9.17, 15) is 9.59 Å². The summed E-state index contributed by atoms with van der Waals surface area (Å²) in [5.41, 5.74) is 1.80. The molecule has 4 aromatic rings. The van der Waals surface area contributed by atoms with Gasteiger partial charge in [-0.2, -0.15) is 0 Å². The van der Waals surface area contributed by atoms with Gasteiger partial charge in [0.15, 0.2) is 5.13 Å². The fourth-order valence-corrected chi connectivity index (χ4v) is 4.39. The number of carbonyl (C=O) groups is 1. The van der Waals surface area contributed by atoms with Gasteiger partial charge in [0.05, 0.1) is 29.7 Å². The van der Waals surface area contributed by atoms with Crippen molar-refractivity contribution in [3.8, 4) is 16.3 Å². The highest BCUT2D eigenvalue weighted by molar-refractivity contribution is 7.16. The number of carbonyl (C=O) groups excluding carboxylic acids is 1. The summed E-state index contributed by atoms with van der Waals surface area (Å²) >= 11 is 2.94. The Kier molecular flexibility index (Phi) is 4.97. The van der Waals surface area contributed by atoms with E-state index in [1.54, 1.807) is 30.6 Å². The molecular formula is C20H16N2O4S2.